The molecule has 0 spiro atoms. The highest BCUT2D eigenvalue weighted by Gasteiger charge is 2.77. The van der Waals surface area contributed by atoms with Gasteiger partial charge in [0, 0.05) is 5.92 Å². The van der Waals surface area contributed by atoms with Crippen LogP contribution >= 0.6 is 0 Å². The molecule has 0 amide bonds. The predicted octanol–water partition coefficient (Wildman–Crippen LogP) is 6.58. The molecule has 2 heteroatoms. The molecule has 0 aliphatic heterocycles. The molecule has 7 fully saturated rings. The number of hydrogen-bond donors (Lipinski definition) is 0. The van der Waals surface area contributed by atoms with Gasteiger partial charge in [-0.2, -0.15) is 0 Å². The average molecular weight is 469 g/mol. The number of allylic oxidation sites excluding steroid dienone is 2. The summed E-state index contributed by atoms with van der Waals surface area (Å²) in [6, 6.07) is 11.1. The molecule has 7 saturated carbocycles. The van der Waals surface area contributed by atoms with Gasteiger partial charge in [-0.25, -0.2) is 0 Å². The van der Waals surface area contributed by atoms with Gasteiger partial charge in [-0.1, -0.05) is 42.5 Å². The second-order valence-electron chi connectivity index (χ2n) is 15.1. The van der Waals surface area contributed by atoms with Crippen molar-refractivity contribution in [3.05, 3.63) is 48.0 Å². The van der Waals surface area contributed by atoms with E-state index in [2.05, 4.69) is 42.5 Å². The zero-order valence-electron chi connectivity index (χ0n) is 21.4. The molecule has 0 radical (unpaired) electrons. The van der Waals surface area contributed by atoms with Gasteiger partial charge in [0.2, 0.25) is 0 Å². The lowest BCUT2D eigenvalue weighted by atomic mass is 9.53. The highest BCUT2D eigenvalue weighted by Crippen LogP contribution is 2.82. The number of esters is 1. The Hall–Kier alpha value is -1.57. The standard InChI is InChI=1S/C33H40O2/c1-33(2,3)35-32(34)31-23-13-18(24(31)15-7-5-4-6-8-15)27-21-14-22(30(23)27)29-20-12-19(28(21)29)25-16-9-10-17(11-16)26(20)25/h4-10,16-31H,11-14H2,1-3H3. The van der Waals surface area contributed by atoms with Gasteiger partial charge in [-0.15, -0.1) is 0 Å². The lowest BCUT2D eigenvalue weighted by Gasteiger charge is -2.51. The van der Waals surface area contributed by atoms with E-state index >= 15 is 0 Å². The highest BCUT2D eigenvalue weighted by atomic mass is 16.6. The van der Waals surface area contributed by atoms with Crippen molar-refractivity contribution in [1.29, 1.82) is 0 Å². The Morgan fingerprint density at radius 1 is 0.686 bits per heavy atom. The van der Waals surface area contributed by atoms with Crippen molar-refractivity contribution < 1.29 is 9.53 Å². The Bertz CT molecular complexity index is 1110. The van der Waals surface area contributed by atoms with E-state index in [9.17, 15) is 4.79 Å². The fourth-order valence-electron chi connectivity index (χ4n) is 13.3. The van der Waals surface area contributed by atoms with Gasteiger partial charge in [0.1, 0.15) is 5.60 Å². The molecule has 8 aliphatic carbocycles. The fraction of sp³-hybridized carbons (Fsp3) is 0.727. The van der Waals surface area contributed by atoms with Crippen LogP contribution in [0.4, 0.5) is 0 Å². The Balaban J connectivity index is 1.10. The summed E-state index contributed by atoms with van der Waals surface area (Å²) in [7, 11) is 0. The van der Waals surface area contributed by atoms with Gasteiger partial charge in [0.05, 0.1) is 5.92 Å². The van der Waals surface area contributed by atoms with Crippen molar-refractivity contribution in [1.82, 2.24) is 0 Å². The van der Waals surface area contributed by atoms with Gasteiger partial charge >= 0.3 is 5.97 Å². The molecular weight excluding hydrogens is 428 g/mol. The van der Waals surface area contributed by atoms with Crippen molar-refractivity contribution in [3.8, 4) is 0 Å². The van der Waals surface area contributed by atoms with Crippen molar-refractivity contribution >= 4 is 5.97 Å². The third kappa shape index (κ3) is 2.38. The minimum atomic E-state index is -0.408. The summed E-state index contributed by atoms with van der Waals surface area (Å²) >= 11 is 0. The summed E-state index contributed by atoms with van der Waals surface area (Å²) in [5, 5.41) is 0. The van der Waals surface area contributed by atoms with E-state index < -0.39 is 5.60 Å². The van der Waals surface area contributed by atoms with Gasteiger partial charge in [0.15, 0.2) is 0 Å². The van der Waals surface area contributed by atoms with Crippen LogP contribution in [-0.2, 0) is 9.53 Å². The van der Waals surface area contributed by atoms with Crippen LogP contribution in [0.5, 0.6) is 0 Å². The van der Waals surface area contributed by atoms with Crippen molar-refractivity contribution in [2.24, 2.45) is 88.8 Å². The van der Waals surface area contributed by atoms with Crippen LogP contribution in [-0.4, -0.2) is 11.6 Å². The zero-order valence-corrected chi connectivity index (χ0v) is 21.4. The number of fused-ring (bicyclic) bond motifs is 23. The first-order chi connectivity index (χ1) is 16.9. The van der Waals surface area contributed by atoms with Gasteiger partial charge in [0.25, 0.3) is 0 Å². The summed E-state index contributed by atoms with van der Waals surface area (Å²) in [5.41, 5.74) is 0.994. The smallest absolute Gasteiger partial charge is 0.310 e. The molecule has 0 N–H and O–H groups in total. The zero-order chi connectivity index (χ0) is 23.4. The number of rotatable bonds is 2. The van der Waals surface area contributed by atoms with Crippen LogP contribution in [0.1, 0.15) is 57.9 Å². The maximum Gasteiger partial charge on any atom is 0.310 e. The molecule has 1 aromatic rings. The first-order valence-electron chi connectivity index (χ1n) is 14.9. The van der Waals surface area contributed by atoms with E-state index in [4.69, 9.17) is 4.74 Å². The summed E-state index contributed by atoms with van der Waals surface area (Å²) in [6.45, 7) is 6.11. The first-order valence-corrected chi connectivity index (χ1v) is 14.9. The van der Waals surface area contributed by atoms with E-state index in [-0.39, 0.29) is 11.9 Å². The minimum Gasteiger partial charge on any atom is -0.460 e. The summed E-state index contributed by atoms with van der Waals surface area (Å²) < 4.78 is 6.13. The van der Waals surface area contributed by atoms with Crippen molar-refractivity contribution in [2.45, 2.75) is 58.0 Å². The summed E-state index contributed by atoms with van der Waals surface area (Å²) in [6.07, 6.45) is 11.0. The first kappa shape index (κ1) is 20.5. The monoisotopic (exact) mass is 468 g/mol. The normalized spacial score (nSPS) is 57.1. The second kappa shape index (κ2) is 6.46. The maximum atomic E-state index is 13.8. The SMILES string of the molecule is CC(C)(C)OC(=O)C1C2CC(C1c1ccccc1)C1C3CC(C21)C1C2CC(C4C5C=CC(C5)C24)C31. The molecule has 16 unspecified atom stereocenters. The van der Waals surface area contributed by atoms with E-state index in [0.717, 1.165) is 71.0 Å². The number of hydrogen-bond acceptors (Lipinski definition) is 2. The molecule has 184 valence electrons. The van der Waals surface area contributed by atoms with Crippen LogP contribution in [0.15, 0.2) is 42.5 Å². The largest absolute Gasteiger partial charge is 0.460 e. The number of carbonyl (C=O) groups is 1. The van der Waals surface area contributed by atoms with Crippen LogP contribution in [0.25, 0.3) is 0 Å². The van der Waals surface area contributed by atoms with Crippen LogP contribution in [0.2, 0.25) is 0 Å². The Labute approximate surface area is 210 Å². The lowest BCUT2D eigenvalue weighted by Crippen LogP contribution is -2.49. The average Bonchev–Trinajstić information content (AvgIpc) is 3.67. The molecule has 8 bridgehead atoms. The van der Waals surface area contributed by atoms with Gasteiger partial charge in [-0.3, -0.25) is 4.79 Å². The van der Waals surface area contributed by atoms with E-state index in [0.29, 0.717) is 17.8 Å². The molecule has 35 heavy (non-hydrogen) atoms. The van der Waals surface area contributed by atoms with E-state index in [1.807, 2.05) is 20.8 Å². The topological polar surface area (TPSA) is 26.3 Å². The minimum absolute atomic E-state index is 0.0671. The van der Waals surface area contributed by atoms with Crippen LogP contribution < -0.4 is 0 Å². The van der Waals surface area contributed by atoms with E-state index in [1.165, 1.54) is 24.8 Å². The molecular formula is C33H40O2. The lowest BCUT2D eigenvalue weighted by molar-refractivity contribution is -0.165. The Kier molecular flexibility index (Phi) is 3.78. The fourth-order valence-corrected chi connectivity index (χ4v) is 13.3. The molecule has 2 nitrogen and oxygen atoms in total. The summed E-state index contributed by atoms with van der Waals surface area (Å²) in [4.78, 5) is 13.8. The molecule has 0 saturated heterocycles. The Morgan fingerprint density at radius 2 is 1.20 bits per heavy atom. The van der Waals surface area contributed by atoms with Gasteiger partial charge < -0.3 is 4.74 Å². The quantitative estimate of drug-likeness (QED) is 0.278. The maximum absolute atomic E-state index is 13.8. The number of carbonyl (C=O) groups excluding carboxylic acids is 1. The van der Waals surface area contributed by atoms with Crippen LogP contribution in [0.3, 0.4) is 0 Å². The molecule has 0 aromatic heterocycles. The molecule has 9 rings (SSSR count). The third-order valence-electron chi connectivity index (χ3n) is 13.2. The van der Waals surface area contributed by atoms with Gasteiger partial charge in [-0.05, 0) is 135 Å². The van der Waals surface area contributed by atoms with Crippen molar-refractivity contribution in [3.63, 3.8) is 0 Å². The van der Waals surface area contributed by atoms with Crippen LogP contribution in [0, 0.1) is 88.8 Å². The Morgan fingerprint density at radius 3 is 1.80 bits per heavy atom. The summed E-state index contributed by atoms with van der Waals surface area (Å²) in [5.74, 6) is 13.3. The molecule has 1 aromatic carbocycles. The second-order valence-corrected chi connectivity index (χ2v) is 15.1. The molecule has 16 atom stereocenters. The van der Waals surface area contributed by atoms with E-state index in [1.54, 1.807) is 6.42 Å². The highest BCUT2D eigenvalue weighted by molar-refractivity contribution is 5.76. The molecule has 0 heterocycles. The third-order valence-corrected chi connectivity index (χ3v) is 13.2. The number of benzene rings is 1. The number of ether oxygens (including phenoxy) is 1. The predicted molar refractivity (Wildman–Crippen MR) is 135 cm³/mol. The van der Waals surface area contributed by atoms with Crippen molar-refractivity contribution in [2.75, 3.05) is 0 Å². The molecule has 8 aliphatic rings.